The largest absolute Gasteiger partial charge is 0.396 e. The van der Waals surface area contributed by atoms with Crippen LogP contribution in [0.15, 0.2) is 18.7 Å². The van der Waals surface area contributed by atoms with Gasteiger partial charge in [0.15, 0.2) is 0 Å². The second-order valence-electron chi connectivity index (χ2n) is 4.24. The Morgan fingerprint density at radius 2 is 2.00 bits per heavy atom. The number of aliphatic hydroxyl groups excluding tert-OH is 1. The van der Waals surface area contributed by atoms with Crippen LogP contribution in [-0.4, -0.2) is 46.3 Å². The van der Waals surface area contributed by atoms with Gasteiger partial charge in [-0.25, -0.2) is 4.98 Å². The van der Waals surface area contributed by atoms with Crippen LogP contribution < -0.4 is 0 Å². The van der Waals surface area contributed by atoms with Crippen molar-refractivity contribution in [3.8, 4) is 0 Å². The zero-order valence-electron chi connectivity index (χ0n) is 10.2. The second kappa shape index (κ2) is 8.30. The first kappa shape index (κ1) is 13.2. The Morgan fingerprint density at radius 1 is 1.19 bits per heavy atom. The molecule has 0 fully saturated rings. The molecule has 0 aliphatic carbocycles. The predicted molar refractivity (Wildman–Crippen MR) is 65.3 cm³/mol. The van der Waals surface area contributed by atoms with Crippen molar-refractivity contribution in [2.75, 3.05) is 26.7 Å². The van der Waals surface area contributed by atoms with Gasteiger partial charge in [-0.05, 0) is 45.8 Å². The van der Waals surface area contributed by atoms with E-state index in [0.717, 1.165) is 38.9 Å². The van der Waals surface area contributed by atoms with Crippen LogP contribution >= 0.6 is 0 Å². The van der Waals surface area contributed by atoms with Crippen molar-refractivity contribution in [1.29, 1.82) is 0 Å². The van der Waals surface area contributed by atoms with E-state index in [1.54, 1.807) is 0 Å². The fraction of sp³-hybridized carbons (Fsp3) is 0.750. The van der Waals surface area contributed by atoms with E-state index in [1.165, 1.54) is 6.42 Å². The molecule has 0 aromatic carbocycles. The summed E-state index contributed by atoms with van der Waals surface area (Å²) in [6.45, 7) is 3.62. The fourth-order valence-electron chi connectivity index (χ4n) is 1.72. The van der Waals surface area contributed by atoms with Crippen molar-refractivity contribution < 1.29 is 5.11 Å². The molecule has 0 bridgehead atoms. The summed E-state index contributed by atoms with van der Waals surface area (Å²) >= 11 is 0. The Labute approximate surface area is 97.9 Å². The first-order valence-electron chi connectivity index (χ1n) is 6.08. The summed E-state index contributed by atoms with van der Waals surface area (Å²) in [4.78, 5) is 6.37. The minimum absolute atomic E-state index is 0.324. The summed E-state index contributed by atoms with van der Waals surface area (Å²) in [5, 5.41) is 8.66. The number of unbranched alkanes of at least 4 members (excludes halogenated alkanes) is 2. The van der Waals surface area contributed by atoms with E-state index in [0.29, 0.717) is 6.61 Å². The van der Waals surface area contributed by atoms with E-state index < -0.39 is 0 Å². The topological polar surface area (TPSA) is 41.3 Å². The highest BCUT2D eigenvalue weighted by molar-refractivity contribution is 4.73. The minimum Gasteiger partial charge on any atom is -0.396 e. The van der Waals surface area contributed by atoms with Gasteiger partial charge in [0.25, 0.3) is 0 Å². The highest BCUT2D eigenvalue weighted by Crippen LogP contribution is 1.98. The highest BCUT2D eigenvalue weighted by atomic mass is 16.2. The van der Waals surface area contributed by atoms with Gasteiger partial charge >= 0.3 is 0 Å². The van der Waals surface area contributed by atoms with Crippen molar-refractivity contribution in [2.24, 2.45) is 0 Å². The molecule has 1 aromatic heterocycles. The molecule has 0 aliphatic rings. The molecule has 0 spiro atoms. The SMILES string of the molecule is CN(CCCCCO)CCCn1ccnc1. The maximum Gasteiger partial charge on any atom is 0.0945 e. The van der Waals surface area contributed by atoms with E-state index in [1.807, 2.05) is 18.7 Å². The first-order chi connectivity index (χ1) is 7.83. The molecule has 1 heterocycles. The van der Waals surface area contributed by atoms with Crippen LogP contribution in [0.3, 0.4) is 0 Å². The molecule has 0 amide bonds. The molecule has 0 unspecified atom stereocenters. The predicted octanol–water partition coefficient (Wildman–Crippen LogP) is 1.37. The molecule has 0 atom stereocenters. The van der Waals surface area contributed by atoms with Crippen LogP contribution in [0.2, 0.25) is 0 Å². The maximum absolute atomic E-state index is 8.66. The average molecular weight is 225 g/mol. The zero-order valence-corrected chi connectivity index (χ0v) is 10.2. The lowest BCUT2D eigenvalue weighted by Crippen LogP contribution is -2.22. The number of hydrogen-bond donors (Lipinski definition) is 1. The second-order valence-corrected chi connectivity index (χ2v) is 4.24. The molecule has 16 heavy (non-hydrogen) atoms. The van der Waals surface area contributed by atoms with Crippen molar-refractivity contribution >= 4 is 0 Å². The molecule has 0 saturated carbocycles. The number of aromatic nitrogens is 2. The lowest BCUT2D eigenvalue weighted by Gasteiger charge is -2.16. The molecule has 1 aromatic rings. The number of imidazole rings is 1. The molecule has 1 N–H and O–H groups in total. The summed E-state index contributed by atoms with van der Waals surface area (Å²) in [5.41, 5.74) is 0. The monoisotopic (exact) mass is 225 g/mol. The molecule has 0 aliphatic heterocycles. The third-order valence-electron chi connectivity index (χ3n) is 2.71. The summed E-state index contributed by atoms with van der Waals surface area (Å²) in [7, 11) is 2.16. The van der Waals surface area contributed by atoms with Crippen molar-refractivity contribution in [3.05, 3.63) is 18.7 Å². The van der Waals surface area contributed by atoms with Gasteiger partial charge in [-0.15, -0.1) is 0 Å². The molecule has 92 valence electrons. The van der Waals surface area contributed by atoms with Crippen molar-refractivity contribution in [3.63, 3.8) is 0 Å². The van der Waals surface area contributed by atoms with Gasteiger partial charge < -0.3 is 14.6 Å². The average Bonchev–Trinajstić information content (AvgIpc) is 2.77. The maximum atomic E-state index is 8.66. The molecule has 0 radical (unpaired) electrons. The molecular weight excluding hydrogens is 202 g/mol. The third kappa shape index (κ3) is 5.88. The molecule has 0 saturated heterocycles. The number of rotatable bonds is 9. The van der Waals surface area contributed by atoms with Gasteiger partial charge in [0, 0.05) is 25.5 Å². The van der Waals surface area contributed by atoms with E-state index >= 15 is 0 Å². The fourth-order valence-corrected chi connectivity index (χ4v) is 1.72. The van der Waals surface area contributed by atoms with E-state index in [-0.39, 0.29) is 0 Å². The molecule has 1 rings (SSSR count). The van der Waals surface area contributed by atoms with Crippen LogP contribution in [0.25, 0.3) is 0 Å². The van der Waals surface area contributed by atoms with Gasteiger partial charge in [0.05, 0.1) is 6.33 Å². The Kier molecular flexibility index (Phi) is 6.85. The van der Waals surface area contributed by atoms with Gasteiger partial charge in [0.2, 0.25) is 0 Å². The Morgan fingerprint density at radius 3 is 2.69 bits per heavy atom. The molecule has 4 heteroatoms. The summed E-state index contributed by atoms with van der Waals surface area (Å²) in [6, 6.07) is 0. The van der Waals surface area contributed by atoms with Crippen LogP contribution in [0.1, 0.15) is 25.7 Å². The van der Waals surface area contributed by atoms with Gasteiger partial charge in [-0.2, -0.15) is 0 Å². The lowest BCUT2D eigenvalue weighted by atomic mass is 10.2. The van der Waals surface area contributed by atoms with Gasteiger partial charge in [-0.1, -0.05) is 0 Å². The number of nitrogens with zero attached hydrogens (tertiary/aromatic N) is 3. The molecular formula is C12H23N3O. The number of aryl methyl sites for hydroxylation is 1. The van der Waals surface area contributed by atoms with E-state index in [9.17, 15) is 0 Å². The van der Waals surface area contributed by atoms with E-state index in [2.05, 4.69) is 21.5 Å². The zero-order chi connectivity index (χ0) is 11.6. The van der Waals surface area contributed by atoms with Gasteiger partial charge in [-0.3, -0.25) is 0 Å². The van der Waals surface area contributed by atoms with Crippen LogP contribution in [0.4, 0.5) is 0 Å². The standard InChI is InChI=1S/C12H23N3O/c1-14(7-3-2-4-11-16)8-5-9-15-10-6-13-12-15/h6,10,12,16H,2-5,7-9,11H2,1H3. The van der Waals surface area contributed by atoms with E-state index in [4.69, 9.17) is 5.11 Å². The van der Waals surface area contributed by atoms with Gasteiger partial charge in [0.1, 0.15) is 0 Å². The summed E-state index contributed by atoms with van der Waals surface area (Å²) in [5.74, 6) is 0. The highest BCUT2D eigenvalue weighted by Gasteiger charge is 1.98. The minimum atomic E-state index is 0.324. The smallest absolute Gasteiger partial charge is 0.0945 e. The lowest BCUT2D eigenvalue weighted by molar-refractivity contribution is 0.271. The third-order valence-corrected chi connectivity index (χ3v) is 2.71. The number of aliphatic hydroxyl groups is 1. The Bertz CT molecular complexity index is 249. The normalized spacial score (nSPS) is 11.2. The van der Waals surface area contributed by atoms with Crippen LogP contribution in [0.5, 0.6) is 0 Å². The molecule has 4 nitrogen and oxygen atoms in total. The first-order valence-corrected chi connectivity index (χ1v) is 6.08. The summed E-state index contributed by atoms with van der Waals surface area (Å²) in [6.07, 6.45) is 10.1. The quantitative estimate of drug-likeness (QED) is 0.645. The Hall–Kier alpha value is -0.870. The number of hydrogen-bond acceptors (Lipinski definition) is 3. The Balaban J connectivity index is 1.95. The van der Waals surface area contributed by atoms with Crippen molar-refractivity contribution in [2.45, 2.75) is 32.2 Å². The van der Waals surface area contributed by atoms with Crippen LogP contribution in [-0.2, 0) is 6.54 Å². The van der Waals surface area contributed by atoms with Crippen LogP contribution in [0, 0.1) is 0 Å². The summed E-state index contributed by atoms with van der Waals surface area (Å²) < 4.78 is 2.11. The van der Waals surface area contributed by atoms with Crippen molar-refractivity contribution in [1.82, 2.24) is 14.5 Å².